The molecule has 0 saturated heterocycles. The van der Waals surface area contributed by atoms with Crippen molar-refractivity contribution < 1.29 is 9.90 Å². The summed E-state index contributed by atoms with van der Waals surface area (Å²) in [6.07, 6.45) is 10.4. The van der Waals surface area contributed by atoms with Crippen LogP contribution in [0.3, 0.4) is 0 Å². The van der Waals surface area contributed by atoms with Gasteiger partial charge >= 0.3 is 5.97 Å². The number of hydrogen-bond donors (Lipinski definition) is 1. The molecule has 0 aromatic carbocycles. The monoisotopic (exact) mass is 243 g/mol. The molecule has 0 rings (SSSR count). The summed E-state index contributed by atoms with van der Waals surface area (Å²) in [7, 11) is 0. The van der Waals surface area contributed by atoms with Crippen LogP contribution in [0.1, 0.15) is 65.2 Å². The van der Waals surface area contributed by atoms with E-state index in [0.717, 1.165) is 19.5 Å². The van der Waals surface area contributed by atoms with Crippen molar-refractivity contribution in [3.8, 4) is 0 Å². The van der Waals surface area contributed by atoms with E-state index >= 15 is 0 Å². The third kappa shape index (κ3) is 11.7. The third-order valence-corrected chi connectivity index (χ3v) is 3.13. The molecule has 0 aliphatic rings. The molecule has 0 aromatic heterocycles. The van der Waals surface area contributed by atoms with Crippen LogP contribution in [0.5, 0.6) is 0 Å². The standard InChI is InChI=1S/C14H29NO2/c1-3-5-6-7-8-9-10-11-12-15(4-2)13-14(16)17/h3-13H2,1-2H3,(H,16,17). The highest BCUT2D eigenvalue weighted by Gasteiger charge is 2.06. The first-order valence-electron chi connectivity index (χ1n) is 7.14. The molecular weight excluding hydrogens is 214 g/mol. The fourth-order valence-corrected chi connectivity index (χ4v) is 2.01. The van der Waals surface area contributed by atoms with Gasteiger partial charge in [-0.25, -0.2) is 0 Å². The van der Waals surface area contributed by atoms with E-state index in [2.05, 4.69) is 6.92 Å². The Morgan fingerprint density at radius 3 is 1.94 bits per heavy atom. The Bertz CT molecular complexity index is 183. The van der Waals surface area contributed by atoms with Crippen LogP contribution in [0, 0.1) is 0 Å². The fraction of sp³-hybridized carbons (Fsp3) is 0.929. The lowest BCUT2D eigenvalue weighted by molar-refractivity contribution is -0.138. The zero-order valence-electron chi connectivity index (χ0n) is 11.6. The number of carboxylic acids is 1. The molecule has 102 valence electrons. The van der Waals surface area contributed by atoms with Gasteiger partial charge in [-0.2, -0.15) is 0 Å². The van der Waals surface area contributed by atoms with E-state index in [1.807, 2.05) is 11.8 Å². The molecule has 0 aromatic rings. The minimum atomic E-state index is -0.716. The van der Waals surface area contributed by atoms with E-state index in [-0.39, 0.29) is 6.54 Å². The van der Waals surface area contributed by atoms with Crippen molar-refractivity contribution >= 4 is 5.97 Å². The Labute approximate surface area is 106 Å². The van der Waals surface area contributed by atoms with Crippen LogP contribution >= 0.6 is 0 Å². The zero-order valence-corrected chi connectivity index (χ0v) is 11.6. The molecule has 0 radical (unpaired) electrons. The summed E-state index contributed by atoms with van der Waals surface area (Å²) in [5.74, 6) is -0.716. The first-order valence-corrected chi connectivity index (χ1v) is 7.14. The number of unbranched alkanes of at least 4 members (excludes halogenated alkanes) is 7. The summed E-state index contributed by atoms with van der Waals surface area (Å²) in [5, 5.41) is 8.70. The van der Waals surface area contributed by atoms with Crippen molar-refractivity contribution in [1.82, 2.24) is 4.90 Å². The second kappa shape index (κ2) is 11.9. The highest BCUT2D eigenvalue weighted by molar-refractivity contribution is 5.69. The number of carboxylic acid groups (broad SMARTS) is 1. The van der Waals surface area contributed by atoms with Gasteiger partial charge in [0.15, 0.2) is 0 Å². The normalized spacial score (nSPS) is 11.0. The van der Waals surface area contributed by atoms with E-state index < -0.39 is 5.97 Å². The van der Waals surface area contributed by atoms with Gasteiger partial charge in [-0.3, -0.25) is 9.69 Å². The van der Waals surface area contributed by atoms with Gasteiger partial charge in [-0.1, -0.05) is 58.8 Å². The fourth-order valence-electron chi connectivity index (χ4n) is 2.01. The van der Waals surface area contributed by atoms with Gasteiger partial charge in [0.1, 0.15) is 0 Å². The van der Waals surface area contributed by atoms with Crippen molar-refractivity contribution in [2.75, 3.05) is 19.6 Å². The van der Waals surface area contributed by atoms with Gasteiger partial charge in [0.25, 0.3) is 0 Å². The summed E-state index contributed by atoms with van der Waals surface area (Å²) >= 11 is 0. The van der Waals surface area contributed by atoms with Crippen LogP contribution in [-0.2, 0) is 4.79 Å². The van der Waals surface area contributed by atoms with Crippen LogP contribution in [0.2, 0.25) is 0 Å². The van der Waals surface area contributed by atoms with Crippen molar-refractivity contribution in [3.63, 3.8) is 0 Å². The molecule has 1 N–H and O–H groups in total. The first kappa shape index (κ1) is 16.4. The van der Waals surface area contributed by atoms with E-state index in [0.29, 0.717) is 0 Å². The maximum absolute atomic E-state index is 10.6. The number of carbonyl (C=O) groups is 1. The van der Waals surface area contributed by atoms with Gasteiger partial charge in [0, 0.05) is 0 Å². The Kier molecular flexibility index (Phi) is 11.5. The quantitative estimate of drug-likeness (QED) is 0.533. The number of likely N-dealkylation sites (N-methyl/N-ethyl adjacent to an activating group) is 1. The van der Waals surface area contributed by atoms with Crippen LogP contribution in [0.4, 0.5) is 0 Å². The molecule has 0 unspecified atom stereocenters. The van der Waals surface area contributed by atoms with Crippen molar-refractivity contribution in [3.05, 3.63) is 0 Å². The van der Waals surface area contributed by atoms with Gasteiger partial charge < -0.3 is 5.11 Å². The van der Waals surface area contributed by atoms with Gasteiger partial charge in [-0.15, -0.1) is 0 Å². The molecule has 0 bridgehead atoms. The molecule has 0 heterocycles. The minimum absolute atomic E-state index is 0.188. The lowest BCUT2D eigenvalue weighted by atomic mass is 10.1. The maximum Gasteiger partial charge on any atom is 0.317 e. The second-order valence-electron chi connectivity index (χ2n) is 4.74. The Morgan fingerprint density at radius 1 is 0.941 bits per heavy atom. The number of rotatable bonds is 12. The predicted molar refractivity (Wildman–Crippen MR) is 72.4 cm³/mol. The molecule has 0 atom stereocenters. The molecule has 17 heavy (non-hydrogen) atoms. The number of nitrogens with zero attached hydrogens (tertiary/aromatic N) is 1. The molecule has 0 aliphatic carbocycles. The highest BCUT2D eigenvalue weighted by atomic mass is 16.4. The molecule has 0 amide bonds. The lowest BCUT2D eigenvalue weighted by Gasteiger charge is -2.17. The average molecular weight is 243 g/mol. The van der Waals surface area contributed by atoms with Gasteiger partial charge in [0.2, 0.25) is 0 Å². The number of aliphatic carboxylic acids is 1. The number of hydrogen-bond acceptors (Lipinski definition) is 2. The average Bonchev–Trinajstić information content (AvgIpc) is 2.30. The topological polar surface area (TPSA) is 40.5 Å². The van der Waals surface area contributed by atoms with Crippen LogP contribution in [0.25, 0.3) is 0 Å². The summed E-state index contributed by atoms with van der Waals surface area (Å²) in [6, 6.07) is 0. The van der Waals surface area contributed by atoms with Gasteiger partial charge in [-0.05, 0) is 19.5 Å². The first-order chi connectivity index (χ1) is 8.20. The molecule has 0 fully saturated rings. The summed E-state index contributed by atoms with van der Waals surface area (Å²) < 4.78 is 0. The molecule has 0 aliphatic heterocycles. The van der Waals surface area contributed by atoms with Gasteiger partial charge in [0.05, 0.1) is 6.54 Å². The van der Waals surface area contributed by atoms with E-state index in [4.69, 9.17) is 5.11 Å². The molecular formula is C14H29NO2. The highest BCUT2D eigenvalue weighted by Crippen LogP contribution is 2.08. The van der Waals surface area contributed by atoms with Crippen LogP contribution in [-0.4, -0.2) is 35.6 Å². The Hall–Kier alpha value is -0.570. The summed E-state index contributed by atoms with van der Waals surface area (Å²) in [5.41, 5.74) is 0. The molecule has 0 saturated carbocycles. The molecule has 3 heteroatoms. The van der Waals surface area contributed by atoms with E-state index in [1.54, 1.807) is 0 Å². The summed E-state index contributed by atoms with van der Waals surface area (Å²) in [6.45, 7) is 6.21. The summed E-state index contributed by atoms with van der Waals surface area (Å²) in [4.78, 5) is 12.6. The second-order valence-corrected chi connectivity index (χ2v) is 4.74. The van der Waals surface area contributed by atoms with Crippen molar-refractivity contribution in [2.45, 2.75) is 65.2 Å². The van der Waals surface area contributed by atoms with E-state index in [9.17, 15) is 4.79 Å². The Morgan fingerprint density at radius 2 is 1.47 bits per heavy atom. The Balaban J connectivity index is 3.28. The minimum Gasteiger partial charge on any atom is -0.480 e. The molecule has 0 spiro atoms. The van der Waals surface area contributed by atoms with Crippen LogP contribution < -0.4 is 0 Å². The van der Waals surface area contributed by atoms with E-state index in [1.165, 1.54) is 44.9 Å². The third-order valence-electron chi connectivity index (χ3n) is 3.13. The van der Waals surface area contributed by atoms with Crippen LogP contribution in [0.15, 0.2) is 0 Å². The van der Waals surface area contributed by atoms with Crippen molar-refractivity contribution in [2.24, 2.45) is 0 Å². The van der Waals surface area contributed by atoms with Crippen molar-refractivity contribution in [1.29, 1.82) is 0 Å². The molecule has 3 nitrogen and oxygen atoms in total. The maximum atomic E-state index is 10.6. The lowest BCUT2D eigenvalue weighted by Crippen LogP contribution is -2.30. The largest absolute Gasteiger partial charge is 0.480 e. The SMILES string of the molecule is CCCCCCCCCCN(CC)CC(=O)O. The smallest absolute Gasteiger partial charge is 0.317 e. The zero-order chi connectivity index (χ0) is 12.9. The predicted octanol–water partition coefficient (Wildman–Crippen LogP) is 3.53.